The third-order valence-electron chi connectivity index (χ3n) is 5.40. The molecule has 1 fully saturated rings. The molecule has 0 radical (unpaired) electrons. The summed E-state index contributed by atoms with van der Waals surface area (Å²) in [7, 11) is 3.47. The zero-order chi connectivity index (χ0) is 19.8. The molecule has 4 nitrogen and oxygen atoms in total. The molecule has 0 aliphatic carbocycles. The van der Waals surface area contributed by atoms with E-state index in [1.54, 1.807) is 14.2 Å². The van der Waals surface area contributed by atoms with E-state index in [1.807, 2.05) is 24.3 Å². The molecule has 2 aromatic carbocycles. The Balaban J connectivity index is 1.63. The molecule has 0 bridgehead atoms. The first-order chi connectivity index (χ1) is 13.7. The lowest BCUT2D eigenvalue weighted by Gasteiger charge is -2.36. The molecule has 0 saturated carbocycles. The van der Waals surface area contributed by atoms with E-state index < -0.39 is 0 Å². The summed E-state index contributed by atoms with van der Waals surface area (Å²) in [5, 5.41) is 3.45. The van der Waals surface area contributed by atoms with Gasteiger partial charge < -0.3 is 14.2 Å². The third kappa shape index (κ3) is 4.94. The van der Waals surface area contributed by atoms with Gasteiger partial charge in [0.1, 0.15) is 5.75 Å². The van der Waals surface area contributed by atoms with Crippen molar-refractivity contribution in [1.82, 2.24) is 5.32 Å². The van der Waals surface area contributed by atoms with Gasteiger partial charge in [0.15, 0.2) is 0 Å². The van der Waals surface area contributed by atoms with Crippen LogP contribution in [0.15, 0.2) is 48.5 Å². The highest BCUT2D eigenvalue weighted by Gasteiger charge is 2.34. The summed E-state index contributed by atoms with van der Waals surface area (Å²) in [6.07, 6.45) is 1.75. The number of ether oxygens (including phenoxy) is 3. The molecule has 148 valence electrons. The largest absolute Gasteiger partial charge is 0.497 e. The number of methoxy groups -OCH3 is 2. The fourth-order valence-corrected chi connectivity index (χ4v) is 3.57. The van der Waals surface area contributed by atoms with E-state index in [9.17, 15) is 0 Å². The normalized spacial score (nSPS) is 16.7. The van der Waals surface area contributed by atoms with Gasteiger partial charge in [0.2, 0.25) is 0 Å². The van der Waals surface area contributed by atoms with Crippen LogP contribution >= 0.6 is 0 Å². The topological polar surface area (TPSA) is 39.7 Å². The van der Waals surface area contributed by atoms with E-state index in [0.29, 0.717) is 6.54 Å². The van der Waals surface area contributed by atoms with Crippen LogP contribution in [-0.2, 0) is 15.1 Å². The van der Waals surface area contributed by atoms with Gasteiger partial charge in [-0.2, -0.15) is 0 Å². The van der Waals surface area contributed by atoms with Gasteiger partial charge in [0, 0.05) is 44.8 Å². The van der Waals surface area contributed by atoms with Crippen molar-refractivity contribution in [3.05, 3.63) is 65.2 Å². The zero-order valence-electron chi connectivity index (χ0n) is 17.0. The quantitative estimate of drug-likeness (QED) is 0.769. The Morgan fingerprint density at radius 3 is 2.64 bits per heavy atom. The van der Waals surface area contributed by atoms with Crippen molar-refractivity contribution < 1.29 is 14.2 Å². The van der Waals surface area contributed by atoms with Crippen LogP contribution in [0.2, 0.25) is 0 Å². The van der Waals surface area contributed by atoms with Crippen LogP contribution < -0.4 is 10.1 Å². The van der Waals surface area contributed by atoms with Gasteiger partial charge in [-0.15, -0.1) is 0 Å². The molecule has 0 unspecified atom stereocenters. The summed E-state index contributed by atoms with van der Waals surface area (Å²) in [6.45, 7) is 4.21. The molecule has 1 N–H and O–H groups in total. The van der Waals surface area contributed by atoms with Crippen molar-refractivity contribution in [2.75, 3.05) is 34.0 Å². The molecular formula is C24H29NO3. The van der Waals surface area contributed by atoms with Crippen molar-refractivity contribution in [2.45, 2.75) is 31.4 Å². The second kappa shape index (κ2) is 9.75. The molecular weight excluding hydrogens is 350 g/mol. The van der Waals surface area contributed by atoms with Crippen LogP contribution in [-0.4, -0.2) is 34.0 Å². The van der Waals surface area contributed by atoms with Crippen LogP contribution in [0.5, 0.6) is 5.75 Å². The molecule has 2 aromatic rings. The molecule has 1 saturated heterocycles. The summed E-state index contributed by atoms with van der Waals surface area (Å²) < 4.78 is 16.7. The Hall–Kier alpha value is -2.32. The van der Waals surface area contributed by atoms with E-state index >= 15 is 0 Å². The molecule has 1 heterocycles. The Labute approximate surface area is 168 Å². The third-order valence-corrected chi connectivity index (χ3v) is 5.40. The molecule has 0 amide bonds. The first kappa shape index (κ1) is 20.4. The molecule has 28 heavy (non-hydrogen) atoms. The minimum atomic E-state index is -0.255. The maximum absolute atomic E-state index is 5.89. The monoisotopic (exact) mass is 379 g/mol. The van der Waals surface area contributed by atoms with E-state index in [1.165, 1.54) is 11.1 Å². The summed E-state index contributed by atoms with van der Waals surface area (Å²) >= 11 is 0. The standard InChI is InChI=1S/C24H29NO3/c1-19(21-9-5-11-23(18-21)26-2)25-14-6-8-20-7-4-10-22(17-20)24(27-3)12-15-28-16-13-24/h4-5,7,9-11,17-19,25H,12-16H2,1-3H3/t19-/m1/s1. The number of rotatable bonds is 6. The van der Waals surface area contributed by atoms with Gasteiger partial charge >= 0.3 is 0 Å². The lowest BCUT2D eigenvalue weighted by molar-refractivity contribution is -0.0947. The lowest BCUT2D eigenvalue weighted by Crippen LogP contribution is -2.35. The maximum Gasteiger partial charge on any atom is 0.119 e. The lowest BCUT2D eigenvalue weighted by atomic mass is 9.85. The van der Waals surface area contributed by atoms with Gasteiger partial charge in [-0.25, -0.2) is 0 Å². The minimum Gasteiger partial charge on any atom is -0.497 e. The second-order valence-corrected chi connectivity index (χ2v) is 7.07. The highest BCUT2D eigenvalue weighted by molar-refractivity contribution is 5.39. The highest BCUT2D eigenvalue weighted by atomic mass is 16.5. The van der Waals surface area contributed by atoms with E-state index in [0.717, 1.165) is 37.4 Å². The number of benzene rings is 2. The fourth-order valence-electron chi connectivity index (χ4n) is 3.57. The average molecular weight is 380 g/mol. The van der Waals surface area contributed by atoms with E-state index in [4.69, 9.17) is 14.2 Å². The Bertz CT molecular complexity index is 831. The summed E-state index contributed by atoms with van der Waals surface area (Å²) in [6, 6.07) is 16.7. The molecule has 3 rings (SSSR count). The fraction of sp³-hybridized carbons (Fsp3) is 0.417. The van der Waals surface area contributed by atoms with Crippen LogP contribution in [0.1, 0.15) is 42.5 Å². The first-order valence-electron chi connectivity index (χ1n) is 9.76. The molecule has 1 aliphatic heterocycles. The van der Waals surface area contributed by atoms with Crippen LogP contribution in [0, 0.1) is 11.8 Å². The first-order valence-corrected chi connectivity index (χ1v) is 9.76. The average Bonchev–Trinajstić information content (AvgIpc) is 2.77. The summed E-state index contributed by atoms with van der Waals surface area (Å²) in [5.41, 5.74) is 3.12. The Morgan fingerprint density at radius 2 is 1.89 bits per heavy atom. The van der Waals surface area contributed by atoms with Crippen LogP contribution in [0.3, 0.4) is 0 Å². The van der Waals surface area contributed by atoms with Gasteiger partial charge in [0.25, 0.3) is 0 Å². The number of hydrogen-bond acceptors (Lipinski definition) is 4. The van der Waals surface area contributed by atoms with Crippen molar-refractivity contribution in [3.8, 4) is 17.6 Å². The summed E-state index contributed by atoms with van der Waals surface area (Å²) in [4.78, 5) is 0. The SMILES string of the molecule is COc1cccc([C@@H](C)NCC#Cc2cccc(C3(OC)CCOCC3)c2)c1. The van der Waals surface area contributed by atoms with Gasteiger partial charge in [-0.1, -0.05) is 36.1 Å². The molecule has 0 aromatic heterocycles. The van der Waals surface area contributed by atoms with Crippen molar-refractivity contribution >= 4 is 0 Å². The number of nitrogens with one attached hydrogen (secondary N) is 1. The van der Waals surface area contributed by atoms with Gasteiger partial charge in [0.05, 0.1) is 19.3 Å². The number of hydrogen-bond donors (Lipinski definition) is 1. The van der Waals surface area contributed by atoms with E-state index in [2.05, 4.69) is 48.3 Å². The van der Waals surface area contributed by atoms with Crippen LogP contribution in [0.4, 0.5) is 0 Å². The Kier molecular flexibility index (Phi) is 7.11. The minimum absolute atomic E-state index is 0.203. The van der Waals surface area contributed by atoms with Crippen LogP contribution in [0.25, 0.3) is 0 Å². The predicted molar refractivity (Wildman–Crippen MR) is 111 cm³/mol. The molecule has 0 spiro atoms. The Morgan fingerprint density at radius 1 is 1.11 bits per heavy atom. The molecule has 1 aliphatic rings. The van der Waals surface area contributed by atoms with Crippen molar-refractivity contribution in [2.24, 2.45) is 0 Å². The second-order valence-electron chi connectivity index (χ2n) is 7.07. The highest BCUT2D eigenvalue weighted by Crippen LogP contribution is 2.35. The van der Waals surface area contributed by atoms with Crippen molar-refractivity contribution in [3.63, 3.8) is 0 Å². The molecule has 1 atom stereocenters. The van der Waals surface area contributed by atoms with E-state index in [-0.39, 0.29) is 11.6 Å². The maximum atomic E-state index is 5.89. The summed E-state index contributed by atoms with van der Waals surface area (Å²) in [5.74, 6) is 7.37. The predicted octanol–water partition coefficient (Wildman–Crippen LogP) is 4.05. The zero-order valence-corrected chi connectivity index (χ0v) is 17.0. The van der Waals surface area contributed by atoms with Crippen molar-refractivity contribution in [1.29, 1.82) is 0 Å². The van der Waals surface area contributed by atoms with Gasteiger partial charge in [-0.05, 0) is 42.3 Å². The smallest absolute Gasteiger partial charge is 0.119 e. The molecule has 4 heteroatoms. The van der Waals surface area contributed by atoms with Gasteiger partial charge in [-0.3, -0.25) is 5.32 Å².